The predicted molar refractivity (Wildman–Crippen MR) is 120 cm³/mol. The van der Waals surface area contributed by atoms with E-state index in [0.717, 1.165) is 0 Å². The highest BCUT2D eigenvalue weighted by molar-refractivity contribution is 6.37. The lowest BCUT2D eigenvalue weighted by atomic mass is 10.1. The molecule has 0 spiro atoms. The van der Waals surface area contributed by atoms with Crippen molar-refractivity contribution in [3.63, 3.8) is 0 Å². The number of halogens is 2. The summed E-state index contributed by atoms with van der Waals surface area (Å²) in [4.78, 5) is 25.8. The summed E-state index contributed by atoms with van der Waals surface area (Å²) in [5.74, 6) is -0.153. The first-order valence-corrected chi connectivity index (χ1v) is 10.6. The maximum absolute atomic E-state index is 13.4. The Balaban J connectivity index is 1.44. The Labute approximate surface area is 187 Å². The molecule has 6 nitrogen and oxygen atoms in total. The first kappa shape index (κ1) is 20.5. The molecule has 32 heavy (non-hydrogen) atoms. The Morgan fingerprint density at radius 2 is 2.06 bits per heavy atom. The van der Waals surface area contributed by atoms with Crippen LogP contribution in [0.3, 0.4) is 0 Å². The van der Waals surface area contributed by atoms with Crippen molar-refractivity contribution in [1.29, 1.82) is 0 Å². The fourth-order valence-corrected chi connectivity index (χ4v) is 4.63. The number of allylic oxidation sites excluding steroid dienone is 1. The van der Waals surface area contributed by atoms with Gasteiger partial charge in [0.25, 0.3) is 5.56 Å². The molecule has 8 heteroatoms. The van der Waals surface area contributed by atoms with Crippen LogP contribution in [0.2, 0.25) is 5.02 Å². The summed E-state index contributed by atoms with van der Waals surface area (Å²) in [5, 5.41) is 8.55. The zero-order chi connectivity index (χ0) is 22.4. The van der Waals surface area contributed by atoms with E-state index in [1.807, 2.05) is 18.2 Å². The van der Waals surface area contributed by atoms with Gasteiger partial charge in [0.05, 0.1) is 23.0 Å². The summed E-state index contributed by atoms with van der Waals surface area (Å²) in [5.41, 5.74) is 1.50. The number of fused-ring (bicyclic) bond motifs is 3. The van der Waals surface area contributed by atoms with Gasteiger partial charge in [-0.25, -0.2) is 4.39 Å². The molecule has 1 aliphatic rings. The topological polar surface area (TPSA) is 77.1 Å². The molecule has 162 valence electrons. The first-order valence-electron chi connectivity index (χ1n) is 10.2. The van der Waals surface area contributed by atoms with Crippen LogP contribution >= 0.6 is 11.6 Å². The van der Waals surface area contributed by atoms with Gasteiger partial charge >= 0.3 is 0 Å². The number of aromatic nitrogens is 2. The van der Waals surface area contributed by atoms with Crippen LogP contribution in [0.1, 0.15) is 23.8 Å². The van der Waals surface area contributed by atoms with Crippen LogP contribution in [-0.4, -0.2) is 21.7 Å². The Morgan fingerprint density at radius 1 is 1.25 bits per heavy atom. The second-order valence-electron chi connectivity index (χ2n) is 7.94. The molecule has 0 bridgehead atoms. The van der Waals surface area contributed by atoms with Gasteiger partial charge in [0.1, 0.15) is 22.5 Å². The minimum absolute atomic E-state index is 0.0805. The summed E-state index contributed by atoms with van der Waals surface area (Å²) < 4.78 is 20.4. The van der Waals surface area contributed by atoms with E-state index < -0.39 is 0 Å². The largest absolute Gasteiger partial charge is 0.360 e. The van der Waals surface area contributed by atoms with E-state index in [-0.39, 0.29) is 35.8 Å². The maximum atomic E-state index is 13.4. The summed E-state index contributed by atoms with van der Waals surface area (Å²) >= 11 is 6.46. The van der Waals surface area contributed by atoms with Crippen LogP contribution in [0.5, 0.6) is 0 Å². The van der Waals surface area contributed by atoms with Crippen molar-refractivity contribution in [2.45, 2.75) is 31.8 Å². The van der Waals surface area contributed by atoms with E-state index in [1.54, 1.807) is 35.8 Å². The standard InChI is InChI=1S/C24H19ClFN3O3/c1-13-21-23(28-32-13)22-18(25)6-3-7-19(22)29(24(21)31)17-9-8-16(12-17)27-20(30)11-14-4-2-5-15(26)10-14/h2-10,16-17H,11-12H2,1H3,(H,27,30). The quantitative estimate of drug-likeness (QED) is 0.464. The molecular formula is C24H19ClFN3O3. The first-order chi connectivity index (χ1) is 15.4. The number of hydrogen-bond donors (Lipinski definition) is 1. The molecule has 1 N–H and O–H groups in total. The molecule has 2 aromatic carbocycles. The van der Waals surface area contributed by atoms with Crippen molar-refractivity contribution in [1.82, 2.24) is 15.0 Å². The molecular weight excluding hydrogens is 433 g/mol. The van der Waals surface area contributed by atoms with Crippen molar-refractivity contribution < 1.29 is 13.7 Å². The molecule has 2 unspecified atom stereocenters. The van der Waals surface area contributed by atoms with Gasteiger partial charge in [0, 0.05) is 11.4 Å². The summed E-state index contributed by atoms with van der Waals surface area (Å²) in [6, 6.07) is 10.8. The van der Waals surface area contributed by atoms with Gasteiger partial charge in [-0.05, 0) is 43.2 Å². The van der Waals surface area contributed by atoms with E-state index >= 15 is 0 Å². The van der Waals surface area contributed by atoms with E-state index in [2.05, 4.69) is 10.5 Å². The van der Waals surface area contributed by atoms with E-state index in [1.165, 1.54) is 12.1 Å². The van der Waals surface area contributed by atoms with Crippen molar-refractivity contribution in [3.05, 3.63) is 87.1 Å². The third-order valence-electron chi connectivity index (χ3n) is 5.78. The van der Waals surface area contributed by atoms with Gasteiger partial charge in [0.2, 0.25) is 5.91 Å². The Kier molecular flexibility index (Phi) is 5.06. The number of aryl methyl sites for hydroxylation is 1. The fraction of sp³-hybridized carbons (Fsp3) is 0.208. The van der Waals surface area contributed by atoms with E-state index in [4.69, 9.17) is 16.1 Å². The molecule has 1 amide bonds. The van der Waals surface area contributed by atoms with Gasteiger partial charge < -0.3 is 14.4 Å². The number of amides is 1. The van der Waals surface area contributed by atoms with Crippen LogP contribution in [0.15, 0.2) is 63.9 Å². The minimum atomic E-state index is -0.375. The second kappa shape index (κ2) is 7.91. The highest BCUT2D eigenvalue weighted by Crippen LogP contribution is 2.33. The Bertz CT molecular complexity index is 1460. The summed E-state index contributed by atoms with van der Waals surface area (Å²) in [7, 11) is 0. The average molecular weight is 452 g/mol. The van der Waals surface area contributed by atoms with Gasteiger partial charge in [-0.15, -0.1) is 0 Å². The second-order valence-corrected chi connectivity index (χ2v) is 8.35. The highest BCUT2D eigenvalue weighted by atomic mass is 35.5. The predicted octanol–water partition coefficient (Wildman–Crippen LogP) is 4.47. The van der Waals surface area contributed by atoms with Crippen molar-refractivity contribution in [2.75, 3.05) is 0 Å². The monoisotopic (exact) mass is 451 g/mol. The third kappa shape index (κ3) is 3.48. The number of hydrogen-bond acceptors (Lipinski definition) is 4. The zero-order valence-corrected chi connectivity index (χ0v) is 17.9. The SMILES string of the molecule is Cc1onc2c1c(=O)n(C1C=CC(NC(=O)Cc3cccc(F)c3)C1)c1cccc(Cl)c21. The average Bonchev–Trinajstić information content (AvgIpc) is 3.35. The zero-order valence-electron chi connectivity index (χ0n) is 17.1. The van der Waals surface area contributed by atoms with Gasteiger partial charge in [-0.2, -0.15) is 0 Å². The number of benzene rings is 2. The molecule has 2 atom stereocenters. The number of rotatable bonds is 4. The molecule has 0 saturated heterocycles. The number of nitrogens with one attached hydrogen (secondary N) is 1. The van der Waals surface area contributed by atoms with Crippen molar-refractivity contribution >= 4 is 39.3 Å². The molecule has 4 aromatic rings. The lowest BCUT2D eigenvalue weighted by Crippen LogP contribution is -2.34. The third-order valence-corrected chi connectivity index (χ3v) is 6.09. The van der Waals surface area contributed by atoms with Crippen molar-refractivity contribution in [2.24, 2.45) is 0 Å². The van der Waals surface area contributed by atoms with Gasteiger partial charge in [-0.1, -0.05) is 47.1 Å². The highest BCUT2D eigenvalue weighted by Gasteiger charge is 2.27. The molecule has 5 rings (SSSR count). The van der Waals surface area contributed by atoms with Crippen LogP contribution < -0.4 is 10.9 Å². The van der Waals surface area contributed by atoms with Crippen molar-refractivity contribution in [3.8, 4) is 0 Å². The normalized spacial score (nSPS) is 18.0. The molecule has 0 saturated carbocycles. The van der Waals surface area contributed by atoms with Crippen LogP contribution in [0.25, 0.3) is 21.8 Å². The Morgan fingerprint density at radius 3 is 2.88 bits per heavy atom. The molecule has 0 aliphatic heterocycles. The van der Waals surface area contributed by atoms with Crippen LogP contribution in [0, 0.1) is 12.7 Å². The lowest BCUT2D eigenvalue weighted by molar-refractivity contribution is -0.120. The molecule has 1 aliphatic carbocycles. The number of carbonyl (C=O) groups excluding carboxylic acids is 1. The van der Waals surface area contributed by atoms with E-state index in [9.17, 15) is 14.0 Å². The van der Waals surface area contributed by atoms with E-state index in [0.29, 0.717) is 44.6 Å². The number of carbonyl (C=O) groups is 1. The van der Waals surface area contributed by atoms with Gasteiger partial charge in [-0.3, -0.25) is 9.59 Å². The number of nitrogens with zero attached hydrogens (tertiary/aromatic N) is 2. The molecule has 2 heterocycles. The van der Waals surface area contributed by atoms with Gasteiger partial charge in [0.15, 0.2) is 0 Å². The maximum Gasteiger partial charge on any atom is 0.264 e. The number of pyridine rings is 1. The minimum Gasteiger partial charge on any atom is -0.360 e. The summed E-state index contributed by atoms with van der Waals surface area (Å²) in [6.07, 6.45) is 4.37. The Hall–Kier alpha value is -3.45. The lowest BCUT2D eigenvalue weighted by Gasteiger charge is -2.19. The summed E-state index contributed by atoms with van der Waals surface area (Å²) in [6.45, 7) is 1.70. The fourth-order valence-electron chi connectivity index (χ4n) is 4.37. The van der Waals surface area contributed by atoms with Crippen LogP contribution in [-0.2, 0) is 11.2 Å². The molecule has 0 fully saturated rings. The van der Waals surface area contributed by atoms with Crippen LogP contribution in [0.4, 0.5) is 4.39 Å². The molecule has 0 radical (unpaired) electrons. The molecule has 2 aromatic heterocycles. The smallest absolute Gasteiger partial charge is 0.264 e.